The molecule has 0 fully saturated rings. The Labute approximate surface area is 145 Å². The molecule has 0 spiro atoms. The number of oxazole rings is 1. The summed E-state index contributed by atoms with van der Waals surface area (Å²) < 4.78 is 6.82. The highest BCUT2D eigenvalue weighted by atomic mass is 32.2. The minimum Gasteiger partial charge on any atom is -0.431 e. The summed E-state index contributed by atoms with van der Waals surface area (Å²) in [6, 6.07) is 6.10. The van der Waals surface area contributed by atoms with E-state index in [9.17, 15) is 14.4 Å². The van der Waals surface area contributed by atoms with Gasteiger partial charge in [-0.2, -0.15) is 0 Å². The average molecular weight is 356 g/mol. The van der Waals surface area contributed by atoms with Gasteiger partial charge in [0.1, 0.15) is 11.3 Å². The second-order valence-corrected chi connectivity index (χ2v) is 6.56. The molecule has 1 aliphatic rings. The molecule has 0 radical (unpaired) electrons. The van der Waals surface area contributed by atoms with Crippen molar-refractivity contribution in [2.75, 3.05) is 11.5 Å². The van der Waals surface area contributed by atoms with E-state index in [1.165, 1.54) is 16.3 Å². The highest BCUT2D eigenvalue weighted by Crippen LogP contribution is 2.27. The molecule has 0 saturated carbocycles. The van der Waals surface area contributed by atoms with E-state index < -0.39 is 17.4 Å². The zero-order valence-electron chi connectivity index (χ0n) is 13.0. The standard InChI is InChI=1S/C16H12N4O4S/c1-2-25-16-18-9-4-3-7(5-10(9)24-16)20-11(21)6-8-12(13(20)17)15(23)19-14(8)22/h3-6H,2,17H2,1H3,(H,19,22,23). The smallest absolute Gasteiger partial charge is 0.262 e. The van der Waals surface area contributed by atoms with E-state index in [2.05, 4.69) is 10.3 Å². The first-order valence-electron chi connectivity index (χ1n) is 7.44. The molecule has 0 saturated heterocycles. The molecule has 0 unspecified atom stereocenters. The molecule has 3 N–H and O–H groups in total. The number of aromatic nitrogens is 2. The Morgan fingerprint density at radius 2 is 2.04 bits per heavy atom. The number of thioether (sulfide) groups is 1. The number of carbonyl (C=O) groups excluding carboxylic acids is 2. The monoisotopic (exact) mass is 356 g/mol. The summed E-state index contributed by atoms with van der Waals surface area (Å²) in [6.45, 7) is 1.99. The molecule has 3 heterocycles. The molecule has 2 aromatic heterocycles. The van der Waals surface area contributed by atoms with Crippen LogP contribution >= 0.6 is 11.8 Å². The SMILES string of the molecule is CCSc1nc2ccc(-n3c(N)c4c(cc3=O)C(=O)NC4=O)cc2o1. The maximum absolute atomic E-state index is 12.4. The van der Waals surface area contributed by atoms with Crippen LogP contribution < -0.4 is 16.6 Å². The van der Waals surface area contributed by atoms with E-state index in [1.807, 2.05) is 6.92 Å². The fraction of sp³-hybridized carbons (Fsp3) is 0.125. The molecule has 25 heavy (non-hydrogen) atoms. The number of fused-ring (bicyclic) bond motifs is 2. The summed E-state index contributed by atoms with van der Waals surface area (Å²) in [7, 11) is 0. The first-order chi connectivity index (χ1) is 12.0. The number of nitrogens with zero attached hydrogens (tertiary/aromatic N) is 2. The zero-order chi connectivity index (χ0) is 17.7. The molecule has 0 aliphatic carbocycles. The van der Waals surface area contributed by atoms with Gasteiger partial charge in [0.2, 0.25) is 0 Å². The van der Waals surface area contributed by atoms with Gasteiger partial charge in [-0.1, -0.05) is 18.7 Å². The van der Waals surface area contributed by atoms with Crippen LogP contribution in [0.15, 0.2) is 38.7 Å². The van der Waals surface area contributed by atoms with Gasteiger partial charge >= 0.3 is 0 Å². The van der Waals surface area contributed by atoms with Crippen LogP contribution in [0, 0.1) is 0 Å². The maximum atomic E-state index is 12.4. The van der Waals surface area contributed by atoms with Crippen LogP contribution in [0.2, 0.25) is 0 Å². The highest BCUT2D eigenvalue weighted by Gasteiger charge is 2.31. The van der Waals surface area contributed by atoms with Gasteiger partial charge in [-0.3, -0.25) is 24.3 Å². The molecule has 3 aromatic rings. The van der Waals surface area contributed by atoms with E-state index >= 15 is 0 Å². The second kappa shape index (κ2) is 5.49. The minimum absolute atomic E-state index is 0.00416. The Hall–Kier alpha value is -3.07. The van der Waals surface area contributed by atoms with Crippen molar-refractivity contribution in [1.29, 1.82) is 0 Å². The number of nitrogens with two attached hydrogens (primary N) is 1. The van der Waals surface area contributed by atoms with Crippen molar-refractivity contribution in [3.8, 4) is 5.69 Å². The summed E-state index contributed by atoms with van der Waals surface area (Å²) in [5.74, 6) is -0.510. The third-order valence-corrected chi connectivity index (χ3v) is 4.54. The van der Waals surface area contributed by atoms with Crippen LogP contribution in [0.1, 0.15) is 27.6 Å². The summed E-state index contributed by atoms with van der Waals surface area (Å²) >= 11 is 1.46. The van der Waals surface area contributed by atoms with Crippen molar-refractivity contribution >= 4 is 40.5 Å². The molecule has 4 rings (SSSR count). The van der Waals surface area contributed by atoms with Crippen molar-refractivity contribution in [3.05, 3.63) is 45.7 Å². The van der Waals surface area contributed by atoms with Crippen molar-refractivity contribution in [1.82, 2.24) is 14.9 Å². The third kappa shape index (κ3) is 2.31. The number of imide groups is 1. The van der Waals surface area contributed by atoms with Crippen LogP contribution in [0.25, 0.3) is 16.8 Å². The van der Waals surface area contributed by atoms with Gasteiger partial charge in [0.05, 0.1) is 16.8 Å². The number of benzene rings is 1. The lowest BCUT2D eigenvalue weighted by atomic mass is 10.1. The number of hydrogen-bond donors (Lipinski definition) is 2. The molecule has 0 atom stereocenters. The van der Waals surface area contributed by atoms with Crippen LogP contribution in [-0.2, 0) is 0 Å². The molecule has 8 nitrogen and oxygen atoms in total. The van der Waals surface area contributed by atoms with Crippen molar-refractivity contribution in [2.45, 2.75) is 12.1 Å². The minimum atomic E-state index is -0.622. The van der Waals surface area contributed by atoms with Gasteiger partial charge in [-0.05, 0) is 17.9 Å². The van der Waals surface area contributed by atoms with Crippen molar-refractivity contribution < 1.29 is 14.0 Å². The number of pyridine rings is 1. The lowest BCUT2D eigenvalue weighted by Gasteiger charge is -2.11. The Morgan fingerprint density at radius 3 is 2.80 bits per heavy atom. The number of hydrogen-bond acceptors (Lipinski definition) is 7. The number of nitrogens with one attached hydrogen (secondary N) is 1. The summed E-state index contributed by atoms with van der Waals surface area (Å²) in [4.78, 5) is 40.4. The molecule has 0 bridgehead atoms. The van der Waals surface area contributed by atoms with Crippen molar-refractivity contribution in [3.63, 3.8) is 0 Å². The normalized spacial score (nSPS) is 13.3. The van der Waals surface area contributed by atoms with Gasteiger partial charge in [-0.15, -0.1) is 0 Å². The van der Waals surface area contributed by atoms with Gasteiger partial charge in [0, 0.05) is 12.1 Å². The van der Waals surface area contributed by atoms with Gasteiger partial charge < -0.3 is 10.2 Å². The van der Waals surface area contributed by atoms with Crippen LogP contribution in [0.3, 0.4) is 0 Å². The zero-order valence-corrected chi connectivity index (χ0v) is 13.8. The maximum Gasteiger partial charge on any atom is 0.262 e. The van der Waals surface area contributed by atoms with Gasteiger partial charge in [0.25, 0.3) is 22.6 Å². The number of rotatable bonds is 3. The number of anilines is 1. The Bertz CT molecular complexity index is 1120. The Balaban J connectivity index is 1.92. The fourth-order valence-electron chi connectivity index (χ4n) is 2.76. The van der Waals surface area contributed by atoms with E-state index in [-0.39, 0.29) is 16.9 Å². The molecular weight excluding hydrogens is 344 g/mol. The third-order valence-electron chi connectivity index (χ3n) is 3.83. The van der Waals surface area contributed by atoms with E-state index in [4.69, 9.17) is 10.2 Å². The van der Waals surface area contributed by atoms with E-state index in [0.717, 1.165) is 11.8 Å². The quantitative estimate of drug-likeness (QED) is 0.539. The van der Waals surface area contributed by atoms with Crippen LogP contribution in [0.4, 0.5) is 5.82 Å². The summed E-state index contributed by atoms with van der Waals surface area (Å²) in [5, 5.41) is 2.67. The molecular formula is C16H12N4O4S. The first kappa shape index (κ1) is 15.5. The molecule has 9 heteroatoms. The van der Waals surface area contributed by atoms with Gasteiger partial charge in [0.15, 0.2) is 5.58 Å². The molecule has 126 valence electrons. The van der Waals surface area contributed by atoms with Crippen molar-refractivity contribution in [2.24, 2.45) is 0 Å². The van der Waals surface area contributed by atoms with Gasteiger partial charge in [-0.25, -0.2) is 4.98 Å². The Morgan fingerprint density at radius 1 is 1.24 bits per heavy atom. The van der Waals surface area contributed by atoms with Crippen LogP contribution in [0.5, 0.6) is 0 Å². The van der Waals surface area contributed by atoms with E-state index in [1.54, 1.807) is 18.2 Å². The lowest BCUT2D eigenvalue weighted by Crippen LogP contribution is -2.24. The number of amides is 2. The fourth-order valence-corrected chi connectivity index (χ4v) is 3.32. The first-order valence-corrected chi connectivity index (χ1v) is 8.43. The van der Waals surface area contributed by atoms with Crippen LogP contribution in [-0.4, -0.2) is 27.1 Å². The predicted molar refractivity (Wildman–Crippen MR) is 92.2 cm³/mol. The average Bonchev–Trinajstić information content (AvgIpc) is 3.08. The van der Waals surface area contributed by atoms with E-state index in [0.29, 0.717) is 22.0 Å². The highest BCUT2D eigenvalue weighted by molar-refractivity contribution is 7.99. The summed E-state index contributed by atoms with van der Waals surface area (Å²) in [5.41, 5.74) is 7.08. The Kier molecular flexibility index (Phi) is 3.39. The number of nitrogen functional groups attached to an aromatic ring is 1. The largest absolute Gasteiger partial charge is 0.431 e. The molecule has 1 aromatic carbocycles. The topological polar surface area (TPSA) is 120 Å². The lowest BCUT2D eigenvalue weighted by molar-refractivity contribution is 0.0880. The molecule has 2 amide bonds. The number of carbonyl (C=O) groups is 2. The summed E-state index contributed by atoms with van der Waals surface area (Å²) in [6.07, 6.45) is 0. The predicted octanol–water partition coefficient (Wildman–Crippen LogP) is 1.56. The second-order valence-electron chi connectivity index (χ2n) is 5.34. The molecule has 1 aliphatic heterocycles.